The summed E-state index contributed by atoms with van der Waals surface area (Å²) >= 11 is 0. The van der Waals surface area contributed by atoms with Crippen molar-refractivity contribution in [1.82, 2.24) is 9.80 Å². The Kier molecular flexibility index (Phi) is 9.55. The summed E-state index contributed by atoms with van der Waals surface area (Å²) in [5, 5.41) is 0. The first-order valence-electron chi connectivity index (χ1n) is 12.2. The van der Waals surface area contributed by atoms with Gasteiger partial charge in [-0.25, -0.2) is 0 Å². The molecule has 5 rings (SSSR count). The Bertz CT molecular complexity index is 971. The van der Waals surface area contributed by atoms with Crippen LogP contribution < -0.4 is 4.90 Å². The van der Waals surface area contributed by atoms with E-state index >= 15 is 0 Å². The quantitative estimate of drug-likeness (QED) is 0.524. The molecule has 0 bridgehead atoms. The molecule has 2 aromatic rings. The van der Waals surface area contributed by atoms with Crippen LogP contribution in [0.3, 0.4) is 0 Å². The fraction of sp³-hybridized carbons (Fsp3) is 0.481. The van der Waals surface area contributed by atoms with E-state index in [1.54, 1.807) is 4.90 Å². The number of Topliss-reactive ketones (excluding diaryl/α,β-unsaturated/α-hetero) is 1. The third-order valence-corrected chi connectivity index (χ3v) is 7.43. The van der Waals surface area contributed by atoms with Gasteiger partial charge in [-0.15, -0.1) is 24.8 Å². The number of benzene rings is 2. The second kappa shape index (κ2) is 12.2. The van der Waals surface area contributed by atoms with Crippen LogP contribution in [0.25, 0.3) is 0 Å². The van der Waals surface area contributed by atoms with Crippen molar-refractivity contribution in [3.8, 4) is 0 Å². The molecule has 1 aliphatic carbocycles. The molecule has 2 aliphatic heterocycles. The summed E-state index contributed by atoms with van der Waals surface area (Å²) in [5.74, 6) is -0.146. The molecule has 0 radical (unpaired) electrons. The molecule has 2 aromatic carbocycles. The number of piperazine rings is 1. The average Bonchev–Trinajstić information content (AvgIpc) is 3.09. The smallest absolute Gasteiger partial charge is 0.299 e. The molecule has 2 heterocycles. The Balaban J connectivity index is 0.00000162. The summed E-state index contributed by atoms with van der Waals surface area (Å²) in [5.41, 5.74) is 4.01. The summed E-state index contributed by atoms with van der Waals surface area (Å²) in [4.78, 5) is 32.0. The van der Waals surface area contributed by atoms with Crippen LogP contribution in [-0.4, -0.2) is 60.8 Å². The van der Waals surface area contributed by atoms with E-state index in [-0.39, 0.29) is 36.5 Å². The van der Waals surface area contributed by atoms with E-state index in [1.165, 1.54) is 43.2 Å². The van der Waals surface area contributed by atoms with Gasteiger partial charge in [-0.3, -0.25) is 19.4 Å². The molecule has 0 atom stereocenters. The number of halogens is 2. The van der Waals surface area contributed by atoms with E-state index in [0.717, 1.165) is 45.0 Å². The third kappa shape index (κ3) is 5.83. The van der Waals surface area contributed by atoms with E-state index in [0.29, 0.717) is 18.0 Å². The number of anilines is 1. The van der Waals surface area contributed by atoms with Crippen LogP contribution in [-0.2, 0) is 11.3 Å². The Labute approximate surface area is 215 Å². The molecule has 34 heavy (non-hydrogen) atoms. The minimum atomic E-state index is -0.358. The van der Waals surface area contributed by atoms with E-state index in [2.05, 4.69) is 46.2 Å². The Hall–Kier alpha value is -1.92. The highest BCUT2D eigenvalue weighted by Crippen LogP contribution is 2.37. The summed E-state index contributed by atoms with van der Waals surface area (Å²) in [6, 6.07) is 16.8. The number of ketones is 1. The third-order valence-electron chi connectivity index (χ3n) is 7.43. The van der Waals surface area contributed by atoms with Crippen LogP contribution in [0.1, 0.15) is 59.5 Å². The van der Waals surface area contributed by atoms with Gasteiger partial charge in [-0.1, -0.05) is 55.7 Å². The van der Waals surface area contributed by atoms with E-state index < -0.39 is 0 Å². The largest absolute Gasteiger partial charge is 0.303 e. The van der Waals surface area contributed by atoms with Gasteiger partial charge in [0.05, 0.1) is 11.3 Å². The molecule has 1 saturated carbocycles. The van der Waals surface area contributed by atoms with Crippen molar-refractivity contribution in [2.75, 3.05) is 44.2 Å². The lowest BCUT2D eigenvalue weighted by atomic mass is 9.83. The topological polar surface area (TPSA) is 43.9 Å². The lowest BCUT2D eigenvalue weighted by Gasteiger charge is -2.35. The molecule has 0 spiro atoms. The van der Waals surface area contributed by atoms with Gasteiger partial charge in [-0.2, -0.15) is 0 Å². The highest BCUT2D eigenvalue weighted by molar-refractivity contribution is 6.52. The van der Waals surface area contributed by atoms with Crippen molar-refractivity contribution in [2.24, 2.45) is 0 Å². The van der Waals surface area contributed by atoms with Crippen molar-refractivity contribution >= 4 is 42.2 Å². The number of hydrogen-bond acceptors (Lipinski definition) is 4. The van der Waals surface area contributed by atoms with Crippen molar-refractivity contribution in [3.63, 3.8) is 0 Å². The van der Waals surface area contributed by atoms with Gasteiger partial charge < -0.3 is 4.90 Å². The number of fused-ring (bicyclic) bond motifs is 1. The SMILES string of the molecule is Cl.Cl.O=C1C(=O)N(CCN2CCN(Cc3ccccc3)CC2)c2ccc(C3CCCCC3)cc21. The monoisotopic (exact) mass is 503 g/mol. The summed E-state index contributed by atoms with van der Waals surface area (Å²) in [6.07, 6.45) is 6.23. The number of carbonyl (C=O) groups excluding carboxylic acids is 2. The van der Waals surface area contributed by atoms with Crippen LogP contribution in [0, 0.1) is 0 Å². The summed E-state index contributed by atoms with van der Waals surface area (Å²) < 4.78 is 0. The maximum absolute atomic E-state index is 12.7. The maximum atomic E-state index is 12.7. The van der Waals surface area contributed by atoms with Crippen LogP contribution in [0.15, 0.2) is 48.5 Å². The van der Waals surface area contributed by atoms with Gasteiger partial charge in [-0.05, 0) is 42.0 Å². The Morgan fingerprint density at radius 3 is 2.15 bits per heavy atom. The lowest BCUT2D eigenvalue weighted by molar-refractivity contribution is -0.114. The second-order valence-corrected chi connectivity index (χ2v) is 9.50. The number of carbonyl (C=O) groups is 2. The second-order valence-electron chi connectivity index (χ2n) is 9.50. The molecule has 1 amide bonds. The van der Waals surface area contributed by atoms with E-state index in [4.69, 9.17) is 0 Å². The molecule has 0 aromatic heterocycles. The van der Waals surface area contributed by atoms with Gasteiger partial charge in [0.15, 0.2) is 0 Å². The van der Waals surface area contributed by atoms with Gasteiger partial charge in [0.25, 0.3) is 11.7 Å². The molecule has 3 aliphatic rings. The zero-order valence-electron chi connectivity index (χ0n) is 19.7. The molecule has 7 heteroatoms. The predicted octanol–water partition coefficient (Wildman–Crippen LogP) is 4.93. The fourth-order valence-electron chi connectivity index (χ4n) is 5.48. The van der Waals surface area contributed by atoms with Gasteiger partial charge in [0.2, 0.25) is 0 Å². The molecular formula is C27H35Cl2N3O2. The molecule has 184 valence electrons. The highest BCUT2D eigenvalue weighted by atomic mass is 35.5. The number of rotatable bonds is 6. The first-order valence-corrected chi connectivity index (χ1v) is 12.2. The highest BCUT2D eigenvalue weighted by Gasteiger charge is 2.36. The van der Waals surface area contributed by atoms with Crippen molar-refractivity contribution < 1.29 is 9.59 Å². The zero-order chi connectivity index (χ0) is 21.9. The van der Waals surface area contributed by atoms with E-state index in [1.807, 2.05) is 12.1 Å². The normalized spacial score (nSPS) is 19.5. The number of hydrogen-bond donors (Lipinski definition) is 0. The molecule has 2 fully saturated rings. The Morgan fingerprint density at radius 1 is 0.765 bits per heavy atom. The zero-order valence-corrected chi connectivity index (χ0v) is 21.3. The maximum Gasteiger partial charge on any atom is 0.299 e. The summed E-state index contributed by atoms with van der Waals surface area (Å²) in [7, 11) is 0. The first-order chi connectivity index (χ1) is 15.7. The molecule has 1 saturated heterocycles. The van der Waals surface area contributed by atoms with Crippen LogP contribution in [0.5, 0.6) is 0 Å². The standard InChI is InChI=1S/C27H33N3O2.2ClH/c31-26-24-19-23(22-9-5-2-6-10-22)11-12-25(24)30(27(26)32)18-17-28-13-15-29(16-14-28)20-21-7-3-1-4-8-21;;/h1,3-4,7-8,11-12,19,22H,2,5-6,9-10,13-18,20H2;2*1H. The first kappa shape index (κ1) is 26.7. The predicted molar refractivity (Wildman–Crippen MR) is 142 cm³/mol. The van der Waals surface area contributed by atoms with Crippen LogP contribution in [0.4, 0.5) is 5.69 Å². The average molecular weight is 505 g/mol. The molecule has 0 N–H and O–H groups in total. The van der Waals surface area contributed by atoms with E-state index in [9.17, 15) is 9.59 Å². The minimum Gasteiger partial charge on any atom is -0.303 e. The van der Waals surface area contributed by atoms with Crippen molar-refractivity contribution in [3.05, 3.63) is 65.2 Å². The lowest BCUT2D eigenvalue weighted by Crippen LogP contribution is -2.48. The van der Waals surface area contributed by atoms with Crippen molar-refractivity contribution in [1.29, 1.82) is 0 Å². The fourth-order valence-corrected chi connectivity index (χ4v) is 5.48. The van der Waals surface area contributed by atoms with Gasteiger partial charge >= 0.3 is 0 Å². The molecule has 5 nitrogen and oxygen atoms in total. The number of amides is 1. The van der Waals surface area contributed by atoms with Gasteiger partial charge in [0.1, 0.15) is 0 Å². The minimum absolute atomic E-state index is 0. The molecular weight excluding hydrogens is 469 g/mol. The summed E-state index contributed by atoms with van der Waals surface area (Å²) in [6.45, 7) is 6.43. The Morgan fingerprint density at radius 2 is 1.44 bits per heavy atom. The number of nitrogens with zero attached hydrogens (tertiary/aromatic N) is 3. The van der Waals surface area contributed by atoms with Crippen LogP contribution in [0.2, 0.25) is 0 Å². The van der Waals surface area contributed by atoms with Crippen LogP contribution >= 0.6 is 24.8 Å². The van der Waals surface area contributed by atoms with Crippen molar-refractivity contribution in [2.45, 2.75) is 44.6 Å². The molecule has 0 unspecified atom stereocenters. The van der Waals surface area contributed by atoms with Gasteiger partial charge in [0, 0.05) is 45.8 Å².